The van der Waals surface area contributed by atoms with Crippen LogP contribution in [0.3, 0.4) is 0 Å². The Balaban J connectivity index is 1.57. The second kappa shape index (κ2) is 10.1. The molecule has 14 nitrogen and oxygen atoms in total. The summed E-state index contributed by atoms with van der Waals surface area (Å²) in [5.74, 6) is 0.929. The van der Waals surface area contributed by atoms with Crippen LogP contribution in [0.25, 0.3) is 11.0 Å². The summed E-state index contributed by atoms with van der Waals surface area (Å²) in [6.07, 6.45) is -0.914. The molecule has 35 heavy (non-hydrogen) atoms. The highest BCUT2D eigenvalue weighted by Gasteiger charge is 2.51. The van der Waals surface area contributed by atoms with E-state index in [9.17, 15) is 34.8 Å². The summed E-state index contributed by atoms with van der Waals surface area (Å²) in [6.45, 7) is -0.869. The standard InChI is InChI=1S/C19H29ClN5O9P/c1-9-3-2-4-11(9)22-15-10-5-21-25(16(10)24-18(20)23-15)17-14(29)13(28)12(34-17)6-33-19(7-26,8-27)35(30,31)32/h5,9,11-14,17,26-29H,2-4,6-8H2,1H3,(H,22,23,24)(H2,30,31,32)/t9-,11+,12-,13-,14-,17-/m1/s1. The van der Waals surface area contributed by atoms with E-state index in [1.807, 2.05) is 0 Å². The van der Waals surface area contributed by atoms with Crippen LogP contribution in [0.2, 0.25) is 5.28 Å². The maximum absolute atomic E-state index is 11.7. The first-order chi connectivity index (χ1) is 16.5. The lowest BCUT2D eigenvalue weighted by Crippen LogP contribution is -2.44. The van der Waals surface area contributed by atoms with Gasteiger partial charge in [0.2, 0.25) is 10.6 Å². The normalized spacial score (nSPS) is 29.8. The molecule has 0 radical (unpaired) electrons. The second-order valence-electron chi connectivity index (χ2n) is 8.99. The first-order valence-electron chi connectivity index (χ1n) is 11.1. The Morgan fingerprint density at radius 2 is 1.97 bits per heavy atom. The zero-order chi connectivity index (χ0) is 25.5. The lowest BCUT2D eigenvalue weighted by molar-refractivity contribution is -0.121. The van der Waals surface area contributed by atoms with Gasteiger partial charge < -0.3 is 45.0 Å². The van der Waals surface area contributed by atoms with E-state index in [0.717, 1.165) is 19.3 Å². The van der Waals surface area contributed by atoms with Crippen molar-refractivity contribution in [1.82, 2.24) is 19.7 Å². The van der Waals surface area contributed by atoms with Crippen molar-refractivity contribution >= 4 is 36.0 Å². The summed E-state index contributed by atoms with van der Waals surface area (Å²) in [5, 5.41) is 45.5. The number of fused-ring (bicyclic) bond motifs is 1. The molecule has 2 aromatic heterocycles. The number of anilines is 1. The van der Waals surface area contributed by atoms with Crippen LogP contribution in [0, 0.1) is 5.92 Å². The summed E-state index contributed by atoms with van der Waals surface area (Å²) >= 11 is 6.15. The van der Waals surface area contributed by atoms with E-state index in [2.05, 4.69) is 27.3 Å². The van der Waals surface area contributed by atoms with Crippen LogP contribution >= 0.6 is 19.2 Å². The van der Waals surface area contributed by atoms with Gasteiger partial charge in [0.1, 0.15) is 24.1 Å². The molecule has 2 fully saturated rings. The van der Waals surface area contributed by atoms with Gasteiger partial charge >= 0.3 is 7.60 Å². The molecule has 0 bridgehead atoms. The molecule has 1 aliphatic heterocycles. The highest BCUT2D eigenvalue weighted by Crippen LogP contribution is 2.51. The minimum atomic E-state index is -5.10. The molecule has 0 aromatic carbocycles. The molecule has 1 aliphatic carbocycles. The highest BCUT2D eigenvalue weighted by atomic mass is 35.5. The van der Waals surface area contributed by atoms with Crippen LogP contribution in [0.1, 0.15) is 32.4 Å². The number of nitrogens with zero attached hydrogens (tertiary/aromatic N) is 4. The molecule has 16 heteroatoms. The summed E-state index contributed by atoms with van der Waals surface area (Å²) in [6, 6.07) is 0.205. The topological polar surface area (TPSA) is 213 Å². The minimum Gasteiger partial charge on any atom is -0.393 e. The lowest BCUT2D eigenvalue weighted by Gasteiger charge is -2.31. The predicted octanol–water partition coefficient (Wildman–Crippen LogP) is -0.425. The van der Waals surface area contributed by atoms with E-state index in [0.29, 0.717) is 17.1 Å². The number of hydrogen-bond acceptors (Lipinski definition) is 11. The lowest BCUT2D eigenvalue weighted by atomic mass is 10.1. The molecule has 1 saturated carbocycles. The molecule has 196 valence electrons. The molecule has 0 amide bonds. The van der Waals surface area contributed by atoms with Crippen molar-refractivity contribution in [2.45, 2.75) is 62.1 Å². The van der Waals surface area contributed by atoms with Crippen molar-refractivity contribution in [1.29, 1.82) is 0 Å². The molecule has 1 saturated heterocycles. The molecule has 4 rings (SSSR count). The Morgan fingerprint density at radius 1 is 1.26 bits per heavy atom. The Hall–Kier alpha value is -1.45. The van der Waals surface area contributed by atoms with Crippen LogP contribution in [-0.2, 0) is 14.0 Å². The molecular weight excluding hydrogens is 509 g/mol. The summed E-state index contributed by atoms with van der Waals surface area (Å²) in [7, 11) is -5.10. The van der Waals surface area contributed by atoms with Gasteiger partial charge in [-0.1, -0.05) is 13.3 Å². The van der Waals surface area contributed by atoms with Gasteiger partial charge in [0, 0.05) is 6.04 Å². The molecule has 6 atom stereocenters. The van der Waals surface area contributed by atoms with Crippen LogP contribution in [0.5, 0.6) is 0 Å². The van der Waals surface area contributed by atoms with Crippen molar-refractivity contribution in [3.63, 3.8) is 0 Å². The van der Waals surface area contributed by atoms with Crippen LogP contribution < -0.4 is 5.32 Å². The van der Waals surface area contributed by atoms with Gasteiger partial charge in [0.05, 0.1) is 31.4 Å². The Morgan fingerprint density at radius 3 is 2.57 bits per heavy atom. The Bertz CT molecular complexity index is 1100. The quantitative estimate of drug-likeness (QED) is 0.160. The molecule has 7 N–H and O–H groups in total. The fourth-order valence-electron chi connectivity index (χ4n) is 4.45. The average Bonchev–Trinajstić information content (AvgIpc) is 3.47. The van der Waals surface area contributed by atoms with Crippen molar-refractivity contribution < 1.29 is 44.3 Å². The van der Waals surface area contributed by atoms with Crippen molar-refractivity contribution in [3.8, 4) is 0 Å². The van der Waals surface area contributed by atoms with Gasteiger partial charge in [-0.3, -0.25) is 4.57 Å². The third kappa shape index (κ3) is 4.92. The molecule has 0 spiro atoms. The SMILES string of the molecule is C[C@@H]1CCC[C@@H]1Nc1nc(Cl)nc2c1cnn2[C@@H]1O[C@H](COC(CO)(CO)P(=O)(O)O)[C@@H](O)[C@H]1O. The average molecular weight is 538 g/mol. The molecule has 2 aromatic rings. The zero-order valence-electron chi connectivity index (χ0n) is 18.8. The summed E-state index contributed by atoms with van der Waals surface area (Å²) < 4.78 is 23.8. The van der Waals surface area contributed by atoms with Gasteiger partial charge in [0.25, 0.3) is 0 Å². The molecule has 3 heterocycles. The number of aliphatic hydroxyl groups is 4. The number of aliphatic hydroxyl groups excluding tert-OH is 4. The summed E-state index contributed by atoms with van der Waals surface area (Å²) in [4.78, 5) is 27.4. The van der Waals surface area contributed by atoms with Crippen molar-refractivity contribution in [3.05, 3.63) is 11.5 Å². The maximum atomic E-state index is 11.7. The minimum absolute atomic E-state index is 0.0577. The van der Waals surface area contributed by atoms with E-state index < -0.39 is 57.3 Å². The van der Waals surface area contributed by atoms with Crippen LogP contribution in [0.4, 0.5) is 5.82 Å². The number of rotatable bonds is 9. The monoisotopic (exact) mass is 537 g/mol. The third-order valence-corrected chi connectivity index (χ3v) is 8.37. The second-order valence-corrected chi connectivity index (χ2v) is 11.2. The fraction of sp³-hybridized carbons (Fsp3) is 0.737. The van der Waals surface area contributed by atoms with Crippen molar-refractivity contribution in [2.75, 3.05) is 25.1 Å². The third-order valence-electron chi connectivity index (χ3n) is 6.73. The summed E-state index contributed by atoms with van der Waals surface area (Å²) in [5.41, 5.74) is 0.242. The highest BCUT2D eigenvalue weighted by molar-refractivity contribution is 7.53. The van der Waals surface area contributed by atoms with Crippen LogP contribution in [-0.4, -0.2) is 99.5 Å². The van der Waals surface area contributed by atoms with E-state index in [1.165, 1.54) is 10.9 Å². The molecular formula is C19H29ClN5O9P. The largest absolute Gasteiger partial charge is 0.393 e. The zero-order valence-corrected chi connectivity index (χ0v) is 20.5. The van der Waals surface area contributed by atoms with Gasteiger partial charge in [-0.05, 0) is 30.4 Å². The van der Waals surface area contributed by atoms with Gasteiger partial charge in [-0.2, -0.15) is 15.1 Å². The van der Waals surface area contributed by atoms with E-state index in [4.69, 9.17) is 21.1 Å². The van der Waals surface area contributed by atoms with Gasteiger partial charge in [-0.15, -0.1) is 0 Å². The Labute approximate surface area is 205 Å². The van der Waals surface area contributed by atoms with E-state index in [-0.39, 0.29) is 17.0 Å². The number of halogens is 1. The van der Waals surface area contributed by atoms with E-state index >= 15 is 0 Å². The number of aromatic nitrogens is 4. The van der Waals surface area contributed by atoms with Gasteiger partial charge in [0.15, 0.2) is 11.9 Å². The smallest absolute Gasteiger partial charge is 0.361 e. The molecule has 2 aliphatic rings. The number of nitrogens with one attached hydrogen (secondary N) is 1. The first-order valence-corrected chi connectivity index (χ1v) is 13.1. The fourth-order valence-corrected chi connectivity index (χ4v) is 5.22. The maximum Gasteiger partial charge on any atom is 0.361 e. The molecule has 0 unspecified atom stereocenters. The predicted molar refractivity (Wildman–Crippen MR) is 122 cm³/mol. The number of hydrogen-bond donors (Lipinski definition) is 7. The van der Waals surface area contributed by atoms with Crippen LogP contribution in [0.15, 0.2) is 6.20 Å². The first kappa shape index (κ1) is 26.6. The van der Waals surface area contributed by atoms with E-state index in [1.54, 1.807) is 0 Å². The van der Waals surface area contributed by atoms with Crippen molar-refractivity contribution in [2.24, 2.45) is 5.92 Å². The number of ether oxygens (including phenoxy) is 2. The Kier molecular flexibility index (Phi) is 7.70. The van der Waals surface area contributed by atoms with Gasteiger partial charge in [-0.25, -0.2) is 4.68 Å².